The van der Waals surface area contributed by atoms with Crippen LogP contribution in [0.5, 0.6) is 0 Å². The van der Waals surface area contributed by atoms with Crippen molar-refractivity contribution in [1.29, 1.82) is 0 Å². The molecule has 2 aromatic rings. The monoisotopic (exact) mass is 273 g/mol. The number of pyridine rings is 1. The van der Waals surface area contributed by atoms with E-state index in [1.165, 1.54) is 18.0 Å². The minimum Gasteiger partial charge on any atom is -0.345 e. The molecular weight excluding hydrogens is 257 g/mol. The van der Waals surface area contributed by atoms with E-state index in [4.69, 9.17) is 0 Å². The van der Waals surface area contributed by atoms with Gasteiger partial charge in [-0.1, -0.05) is 0 Å². The summed E-state index contributed by atoms with van der Waals surface area (Å²) in [5.41, 5.74) is 2.37. The highest BCUT2D eigenvalue weighted by atomic mass is 19.1. The molecule has 0 bridgehead atoms. The Bertz CT molecular complexity index is 665. The van der Waals surface area contributed by atoms with Crippen LogP contribution in [0.1, 0.15) is 34.7 Å². The first-order valence-corrected chi connectivity index (χ1v) is 6.66. The van der Waals surface area contributed by atoms with Crippen molar-refractivity contribution in [2.75, 3.05) is 6.54 Å². The first-order valence-electron chi connectivity index (χ1n) is 6.66. The summed E-state index contributed by atoms with van der Waals surface area (Å²) < 4.78 is 15.9. The van der Waals surface area contributed by atoms with Gasteiger partial charge in [-0.2, -0.15) is 0 Å². The highest BCUT2D eigenvalue weighted by Gasteiger charge is 2.30. The van der Waals surface area contributed by atoms with Crippen LogP contribution in [-0.2, 0) is 6.54 Å². The van der Waals surface area contributed by atoms with Crippen molar-refractivity contribution >= 4 is 5.91 Å². The maximum atomic E-state index is 13.7. The zero-order chi connectivity index (χ0) is 14.3. The van der Waals surface area contributed by atoms with Gasteiger partial charge in [0.25, 0.3) is 5.91 Å². The van der Waals surface area contributed by atoms with Crippen LogP contribution < -0.4 is 0 Å². The quantitative estimate of drug-likeness (QED) is 0.801. The lowest BCUT2D eigenvalue weighted by atomic mass is 10.1. The van der Waals surface area contributed by atoms with E-state index in [0.717, 1.165) is 18.4 Å². The molecule has 1 unspecified atom stereocenters. The van der Waals surface area contributed by atoms with Gasteiger partial charge in [0.2, 0.25) is 0 Å². The lowest BCUT2D eigenvalue weighted by Crippen LogP contribution is -2.41. The zero-order valence-corrected chi connectivity index (χ0v) is 11.5. The number of halogens is 1. The van der Waals surface area contributed by atoms with Gasteiger partial charge < -0.3 is 9.47 Å². The molecule has 20 heavy (non-hydrogen) atoms. The van der Waals surface area contributed by atoms with E-state index in [2.05, 4.69) is 16.5 Å². The second kappa shape index (κ2) is 4.74. The molecule has 1 aliphatic heterocycles. The standard InChI is InChI=1S/C15H16FN3O/c1-10-3-4-14-11(2)19(8-7-18(10)14)15(20)12-5-6-17-9-13(12)16/h3-6,9,11H,7-8H2,1-2H3. The van der Waals surface area contributed by atoms with Crippen molar-refractivity contribution in [2.45, 2.75) is 26.4 Å². The fraction of sp³-hybridized carbons (Fsp3) is 0.333. The topological polar surface area (TPSA) is 38.1 Å². The Morgan fingerprint density at radius 2 is 2.15 bits per heavy atom. The van der Waals surface area contributed by atoms with Gasteiger partial charge in [-0.25, -0.2) is 4.39 Å². The Morgan fingerprint density at radius 1 is 1.35 bits per heavy atom. The molecular formula is C15H16FN3O. The Labute approximate surface area is 116 Å². The summed E-state index contributed by atoms with van der Waals surface area (Å²) in [5, 5.41) is 0. The third-order valence-corrected chi connectivity index (χ3v) is 3.96. The maximum Gasteiger partial charge on any atom is 0.257 e. The molecule has 0 aliphatic carbocycles. The van der Waals surface area contributed by atoms with E-state index in [1.807, 2.05) is 19.1 Å². The van der Waals surface area contributed by atoms with Gasteiger partial charge in [-0.05, 0) is 32.0 Å². The number of aromatic nitrogens is 2. The van der Waals surface area contributed by atoms with Gasteiger partial charge >= 0.3 is 0 Å². The van der Waals surface area contributed by atoms with Crippen LogP contribution in [0.15, 0.2) is 30.6 Å². The SMILES string of the molecule is Cc1ccc2n1CCN(C(=O)c1ccncc1F)C2C. The minimum absolute atomic E-state index is 0.0579. The predicted molar refractivity (Wildman–Crippen MR) is 72.8 cm³/mol. The van der Waals surface area contributed by atoms with E-state index in [-0.39, 0.29) is 17.5 Å². The van der Waals surface area contributed by atoms with Crippen LogP contribution in [-0.4, -0.2) is 26.9 Å². The Morgan fingerprint density at radius 3 is 2.90 bits per heavy atom. The highest BCUT2D eigenvalue weighted by molar-refractivity contribution is 5.94. The average molecular weight is 273 g/mol. The fourth-order valence-corrected chi connectivity index (χ4v) is 2.80. The maximum absolute atomic E-state index is 13.7. The number of carbonyl (C=O) groups is 1. The largest absolute Gasteiger partial charge is 0.345 e. The normalized spacial score (nSPS) is 17.9. The van der Waals surface area contributed by atoms with Gasteiger partial charge in [-0.3, -0.25) is 9.78 Å². The molecule has 0 saturated heterocycles. The van der Waals surface area contributed by atoms with E-state index in [9.17, 15) is 9.18 Å². The molecule has 5 heteroatoms. The van der Waals surface area contributed by atoms with Crippen molar-refractivity contribution in [3.8, 4) is 0 Å². The first kappa shape index (κ1) is 12.8. The lowest BCUT2D eigenvalue weighted by molar-refractivity contribution is 0.0638. The van der Waals surface area contributed by atoms with Crippen LogP contribution >= 0.6 is 0 Å². The number of carbonyl (C=O) groups excluding carboxylic acids is 1. The van der Waals surface area contributed by atoms with Crippen molar-refractivity contribution in [3.05, 3.63) is 53.4 Å². The molecule has 2 aromatic heterocycles. The van der Waals surface area contributed by atoms with Crippen LogP contribution in [0.25, 0.3) is 0 Å². The summed E-state index contributed by atoms with van der Waals surface area (Å²) in [4.78, 5) is 17.9. The molecule has 0 radical (unpaired) electrons. The minimum atomic E-state index is -0.568. The predicted octanol–water partition coefficient (Wildman–Crippen LogP) is 2.55. The smallest absolute Gasteiger partial charge is 0.257 e. The number of hydrogen-bond donors (Lipinski definition) is 0. The molecule has 1 amide bonds. The van der Waals surface area contributed by atoms with Gasteiger partial charge in [-0.15, -0.1) is 0 Å². The highest BCUT2D eigenvalue weighted by Crippen LogP contribution is 2.28. The van der Waals surface area contributed by atoms with E-state index < -0.39 is 5.82 Å². The molecule has 3 heterocycles. The summed E-state index contributed by atoms with van der Waals surface area (Å²) in [6.07, 6.45) is 2.52. The van der Waals surface area contributed by atoms with Crippen molar-refractivity contribution in [3.63, 3.8) is 0 Å². The first-order chi connectivity index (χ1) is 9.59. The Balaban J connectivity index is 1.93. The number of rotatable bonds is 1. The van der Waals surface area contributed by atoms with Gasteiger partial charge in [0.05, 0.1) is 17.8 Å². The number of amides is 1. The van der Waals surface area contributed by atoms with Crippen molar-refractivity contribution < 1.29 is 9.18 Å². The number of aryl methyl sites for hydroxylation is 1. The van der Waals surface area contributed by atoms with E-state index in [0.29, 0.717) is 6.54 Å². The lowest BCUT2D eigenvalue weighted by Gasteiger charge is -2.35. The van der Waals surface area contributed by atoms with Gasteiger partial charge in [0.1, 0.15) is 0 Å². The molecule has 4 nitrogen and oxygen atoms in total. The summed E-state index contributed by atoms with van der Waals surface area (Å²) in [5.74, 6) is -0.843. The zero-order valence-electron chi connectivity index (χ0n) is 11.5. The summed E-state index contributed by atoms with van der Waals surface area (Å²) >= 11 is 0. The number of hydrogen-bond acceptors (Lipinski definition) is 2. The Kier molecular flexibility index (Phi) is 3.04. The molecule has 1 atom stereocenters. The van der Waals surface area contributed by atoms with Crippen LogP contribution in [0.4, 0.5) is 4.39 Å². The van der Waals surface area contributed by atoms with Gasteiger partial charge in [0.15, 0.2) is 5.82 Å². The van der Waals surface area contributed by atoms with E-state index >= 15 is 0 Å². The molecule has 3 rings (SSSR count). The number of nitrogens with zero attached hydrogens (tertiary/aromatic N) is 3. The van der Waals surface area contributed by atoms with Crippen LogP contribution in [0.3, 0.4) is 0 Å². The Hall–Kier alpha value is -2.17. The molecule has 0 spiro atoms. The van der Waals surface area contributed by atoms with Crippen molar-refractivity contribution in [2.24, 2.45) is 0 Å². The molecule has 1 aliphatic rings. The molecule has 0 saturated carbocycles. The summed E-state index contributed by atoms with van der Waals surface area (Å²) in [7, 11) is 0. The van der Waals surface area contributed by atoms with E-state index in [1.54, 1.807) is 4.90 Å². The molecule has 0 aromatic carbocycles. The van der Waals surface area contributed by atoms with Crippen LogP contribution in [0, 0.1) is 12.7 Å². The number of fused-ring (bicyclic) bond motifs is 1. The second-order valence-electron chi connectivity index (χ2n) is 5.08. The molecule has 0 fully saturated rings. The molecule has 104 valence electrons. The van der Waals surface area contributed by atoms with Gasteiger partial charge in [0, 0.05) is 30.7 Å². The third kappa shape index (κ3) is 1.90. The van der Waals surface area contributed by atoms with Crippen molar-refractivity contribution in [1.82, 2.24) is 14.5 Å². The summed E-state index contributed by atoms with van der Waals surface area (Å²) in [6.45, 7) is 5.36. The average Bonchev–Trinajstić information content (AvgIpc) is 2.82. The fourth-order valence-electron chi connectivity index (χ4n) is 2.80. The molecule has 0 N–H and O–H groups in total. The summed E-state index contributed by atoms with van der Waals surface area (Å²) in [6, 6.07) is 5.45. The van der Waals surface area contributed by atoms with Crippen LogP contribution in [0.2, 0.25) is 0 Å². The third-order valence-electron chi connectivity index (χ3n) is 3.96. The second-order valence-corrected chi connectivity index (χ2v) is 5.08.